The fourth-order valence-electron chi connectivity index (χ4n) is 1.79. The second-order valence-corrected chi connectivity index (χ2v) is 4.30. The van der Waals surface area contributed by atoms with Gasteiger partial charge in [0, 0.05) is 6.54 Å². The van der Waals surface area contributed by atoms with Crippen molar-refractivity contribution in [2.75, 3.05) is 26.4 Å². The Morgan fingerprint density at radius 1 is 1.50 bits per heavy atom. The van der Waals surface area contributed by atoms with E-state index in [-0.39, 0.29) is 23.3 Å². The first kappa shape index (κ1) is 12.9. The molecule has 98 valence electrons. The van der Waals surface area contributed by atoms with Gasteiger partial charge in [0.25, 0.3) is 5.91 Å². The first-order valence-corrected chi connectivity index (χ1v) is 5.94. The summed E-state index contributed by atoms with van der Waals surface area (Å²) < 4.78 is 10.7. The van der Waals surface area contributed by atoms with Crippen LogP contribution in [-0.2, 0) is 9.47 Å². The average Bonchev–Trinajstić information content (AvgIpc) is 2.40. The molecule has 5 heteroatoms. The van der Waals surface area contributed by atoms with Crippen LogP contribution in [0.4, 0.5) is 0 Å². The van der Waals surface area contributed by atoms with Crippen molar-refractivity contribution in [2.24, 2.45) is 0 Å². The summed E-state index contributed by atoms with van der Waals surface area (Å²) >= 11 is 0. The van der Waals surface area contributed by atoms with Gasteiger partial charge < -0.3 is 19.9 Å². The topological polar surface area (TPSA) is 67.8 Å². The number of amides is 1. The average molecular weight is 251 g/mol. The lowest BCUT2D eigenvalue weighted by atomic mass is 10.1. The van der Waals surface area contributed by atoms with Gasteiger partial charge in [0.2, 0.25) is 0 Å². The van der Waals surface area contributed by atoms with Crippen molar-refractivity contribution in [3.8, 4) is 5.75 Å². The van der Waals surface area contributed by atoms with E-state index in [0.29, 0.717) is 26.4 Å². The van der Waals surface area contributed by atoms with E-state index in [2.05, 4.69) is 5.32 Å². The molecule has 1 aromatic carbocycles. The first-order chi connectivity index (χ1) is 8.66. The highest BCUT2D eigenvalue weighted by atomic mass is 16.6. The van der Waals surface area contributed by atoms with Crippen LogP contribution in [0.1, 0.15) is 15.9 Å². The molecule has 0 spiro atoms. The Labute approximate surface area is 106 Å². The standard InChI is InChI=1S/C13H17NO4/c1-9-2-3-12(15)11(6-9)13(16)14-7-10-8-17-4-5-18-10/h2-3,6,10,15H,4-5,7-8H2,1H3,(H,14,16). The van der Waals surface area contributed by atoms with E-state index in [9.17, 15) is 9.90 Å². The van der Waals surface area contributed by atoms with Crippen LogP contribution in [0.15, 0.2) is 18.2 Å². The van der Waals surface area contributed by atoms with Crippen molar-refractivity contribution in [3.63, 3.8) is 0 Å². The largest absolute Gasteiger partial charge is 0.507 e. The summed E-state index contributed by atoms with van der Waals surface area (Å²) in [6.07, 6.45) is -0.116. The van der Waals surface area contributed by atoms with E-state index in [1.54, 1.807) is 12.1 Å². The van der Waals surface area contributed by atoms with E-state index in [1.807, 2.05) is 6.92 Å². The number of hydrogen-bond donors (Lipinski definition) is 2. The molecule has 0 aromatic heterocycles. The van der Waals surface area contributed by atoms with Gasteiger partial charge in [-0.1, -0.05) is 11.6 Å². The van der Waals surface area contributed by atoms with Crippen molar-refractivity contribution in [1.29, 1.82) is 0 Å². The molecular weight excluding hydrogens is 234 g/mol. The number of benzene rings is 1. The van der Waals surface area contributed by atoms with Crippen LogP contribution in [0.25, 0.3) is 0 Å². The minimum Gasteiger partial charge on any atom is -0.507 e. The monoisotopic (exact) mass is 251 g/mol. The Kier molecular flexibility index (Phi) is 4.17. The molecule has 5 nitrogen and oxygen atoms in total. The molecule has 1 saturated heterocycles. The third kappa shape index (κ3) is 3.21. The van der Waals surface area contributed by atoms with Crippen molar-refractivity contribution >= 4 is 5.91 Å². The van der Waals surface area contributed by atoms with Gasteiger partial charge in [-0.25, -0.2) is 0 Å². The smallest absolute Gasteiger partial charge is 0.255 e. The van der Waals surface area contributed by atoms with Gasteiger partial charge in [0.05, 0.1) is 31.5 Å². The van der Waals surface area contributed by atoms with E-state index in [4.69, 9.17) is 9.47 Å². The summed E-state index contributed by atoms with van der Waals surface area (Å²) in [5, 5.41) is 12.4. The Morgan fingerprint density at radius 3 is 3.06 bits per heavy atom. The molecule has 2 N–H and O–H groups in total. The Bertz CT molecular complexity index is 427. The van der Waals surface area contributed by atoms with E-state index < -0.39 is 0 Å². The van der Waals surface area contributed by atoms with Crippen LogP contribution in [0.5, 0.6) is 5.75 Å². The zero-order chi connectivity index (χ0) is 13.0. The first-order valence-electron chi connectivity index (χ1n) is 5.94. The number of aryl methyl sites for hydroxylation is 1. The van der Waals surface area contributed by atoms with Crippen molar-refractivity contribution in [3.05, 3.63) is 29.3 Å². The molecule has 1 amide bonds. The van der Waals surface area contributed by atoms with Gasteiger partial charge >= 0.3 is 0 Å². The third-order valence-electron chi connectivity index (χ3n) is 2.77. The minimum atomic E-state index is -0.301. The number of rotatable bonds is 3. The van der Waals surface area contributed by atoms with E-state index in [0.717, 1.165) is 5.56 Å². The number of carbonyl (C=O) groups is 1. The summed E-state index contributed by atoms with van der Waals surface area (Å²) in [7, 11) is 0. The summed E-state index contributed by atoms with van der Waals surface area (Å²) in [4.78, 5) is 11.9. The van der Waals surface area contributed by atoms with Crippen molar-refractivity contribution in [2.45, 2.75) is 13.0 Å². The maximum Gasteiger partial charge on any atom is 0.255 e. The zero-order valence-corrected chi connectivity index (χ0v) is 10.3. The van der Waals surface area contributed by atoms with Crippen LogP contribution < -0.4 is 5.32 Å². The molecule has 0 aliphatic carbocycles. The number of aromatic hydroxyl groups is 1. The van der Waals surface area contributed by atoms with Crippen molar-refractivity contribution in [1.82, 2.24) is 5.32 Å². The maximum absolute atomic E-state index is 11.9. The lowest BCUT2D eigenvalue weighted by Gasteiger charge is -2.23. The van der Waals surface area contributed by atoms with Gasteiger partial charge in [0.15, 0.2) is 0 Å². The summed E-state index contributed by atoms with van der Waals surface area (Å²) in [6, 6.07) is 4.93. The molecule has 0 saturated carbocycles. The summed E-state index contributed by atoms with van der Waals surface area (Å²) in [5.41, 5.74) is 1.21. The molecule has 18 heavy (non-hydrogen) atoms. The predicted octanol–water partition coefficient (Wildman–Crippen LogP) is 0.846. The van der Waals surface area contributed by atoms with Crippen LogP contribution >= 0.6 is 0 Å². The number of hydrogen-bond acceptors (Lipinski definition) is 4. The molecular formula is C13H17NO4. The summed E-state index contributed by atoms with van der Waals surface area (Å²) in [6.45, 7) is 3.89. The normalized spacial score (nSPS) is 19.5. The Hall–Kier alpha value is -1.59. The van der Waals surface area contributed by atoms with E-state index in [1.165, 1.54) is 6.07 Å². The number of phenolic OH excluding ortho intramolecular Hbond substituents is 1. The molecule has 1 heterocycles. The maximum atomic E-state index is 11.9. The Morgan fingerprint density at radius 2 is 2.33 bits per heavy atom. The molecule has 1 atom stereocenters. The second-order valence-electron chi connectivity index (χ2n) is 4.30. The van der Waals surface area contributed by atoms with Crippen LogP contribution in [0.3, 0.4) is 0 Å². The molecule has 0 bridgehead atoms. The summed E-state index contributed by atoms with van der Waals surface area (Å²) in [5.74, 6) is -0.315. The van der Waals surface area contributed by atoms with Crippen LogP contribution in [0.2, 0.25) is 0 Å². The van der Waals surface area contributed by atoms with Crippen molar-refractivity contribution < 1.29 is 19.4 Å². The number of ether oxygens (including phenoxy) is 2. The molecule has 1 aliphatic rings. The highest BCUT2D eigenvalue weighted by Gasteiger charge is 2.17. The van der Waals surface area contributed by atoms with Crippen LogP contribution in [-0.4, -0.2) is 43.5 Å². The van der Waals surface area contributed by atoms with Gasteiger partial charge in [-0.05, 0) is 19.1 Å². The third-order valence-corrected chi connectivity index (χ3v) is 2.77. The lowest BCUT2D eigenvalue weighted by molar-refractivity contribution is -0.0855. The second kappa shape index (κ2) is 5.84. The minimum absolute atomic E-state index is 0.0149. The number of nitrogens with one attached hydrogen (secondary N) is 1. The molecule has 2 rings (SSSR count). The number of carbonyl (C=O) groups excluding carboxylic acids is 1. The predicted molar refractivity (Wildman–Crippen MR) is 65.7 cm³/mol. The molecule has 1 unspecified atom stereocenters. The molecule has 1 aliphatic heterocycles. The van der Waals surface area contributed by atoms with Gasteiger partial charge in [-0.3, -0.25) is 4.79 Å². The quantitative estimate of drug-likeness (QED) is 0.835. The van der Waals surface area contributed by atoms with Crippen LogP contribution in [0, 0.1) is 6.92 Å². The zero-order valence-electron chi connectivity index (χ0n) is 10.3. The molecule has 1 aromatic rings. The van der Waals surface area contributed by atoms with Gasteiger partial charge in [0.1, 0.15) is 5.75 Å². The highest BCUT2D eigenvalue weighted by Crippen LogP contribution is 2.17. The fourth-order valence-corrected chi connectivity index (χ4v) is 1.79. The fraction of sp³-hybridized carbons (Fsp3) is 0.462. The Balaban J connectivity index is 1.92. The lowest BCUT2D eigenvalue weighted by Crippen LogP contribution is -2.39. The van der Waals surface area contributed by atoms with E-state index >= 15 is 0 Å². The molecule has 1 fully saturated rings. The highest BCUT2D eigenvalue weighted by molar-refractivity contribution is 5.96. The molecule has 0 radical (unpaired) electrons. The van der Waals surface area contributed by atoms with Gasteiger partial charge in [-0.2, -0.15) is 0 Å². The number of phenols is 1. The van der Waals surface area contributed by atoms with Gasteiger partial charge in [-0.15, -0.1) is 0 Å². The SMILES string of the molecule is Cc1ccc(O)c(C(=O)NCC2COCCO2)c1.